The SMILES string of the molecule is Cc1cc(-c2ccc(F)cn2)cc2ccn(CCC[C@H](C)Nc3cnn(C)c(=O)c3C(F)(F)F)c(=O)c12. The minimum absolute atomic E-state index is 0.177. The Morgan fingerprint density at radius 2 is 1.84 bits per heavy atom. The standard InChI is InChI=1S/C26H25F4N5O2/c1-15-11-18(20-7-6-19(27)13-31-20)12-17-8-10-35(24(36)22(15)17)9-4-5-16(2)33-21-14-32-34(3)25(37)23(21)26(28,29)30/h6-8,10-14,16,33H,4-5,9H2,1-3H3/t16-/m0/s1. The molecule has 4 rings (SSSR count). The van der Waals surface area contributed by atoms with Gasteiger partial charge in [-0.25, -0.2) is 9.07 Å². The van der Waals surface area contributed by atoms with Crippen LogP contribution in [-0.2, 0) is 19.8 Å². The second-order valence-electron chi connectivity index (χ2n) is 8.98. The highest BCUT2D eigenvalue weighted by molar-refractivity contribution is 5.89. The molecule has 4 aromatic rings. The summed E-state index contributed by atoms with van der Waals surface area (Å²) in [6.45, 7) is 3.89. The lowest BCUT2D eigenvalue weighted by Crippen LogP contribution is -2.31. The van der Waals surface area contributed by atoms with Crippen molar-refractivity contribution in [1.82, 2.24) is 19.3 Å². The summed E-state index contributed by atoms with van der Waals surface area (Å²) >= 11 is 0. The zero-order valence-electron chi connectivity index (χ0n) is 20.4. The topological polar surface area (TPSA) is 81.8 Å². The minimum Gasteiger partial charge on any atom is -0.381 e. The number of anilines is 1. The molecule has 3 aromatic heterocycles. The van der Waals surface area contributed by atoms with Crippen LogP contribution in [0.1, 0.15) is 30.9 Å². The normalized spacial score (nSPS) is 12.6. The molecule has 0 bridgehead atoms. The first-order chi connectivity index (χ1) is 17.5. The molecule has 0 saturated carbocycles. The van der Waals surface area contributed by atoms with Crippen LogP contribution in [0.4, 0.5) is 23.2 Å². The zero-order chi connectivity index (χ0) is 26.9. The van der Waals surface area contributed by atoms with Crippen molar-refractivity contribution in [2.45, 2.75) is 45.5 Å². The van der Waals surface area contributed by atoms with Gasteiger partial charge in [-0.1, -0.05) is 0 Å². The summed E-state index contributed by atoms with van der Waals surface area (Å²) in [6, 6.07) is 7.98. The molecule has 11 heteroatoms. The number of fused-ring (bicyclic) bond motifs is 1. The van der Waals surface area contributed by atoms with Gasteiger partial charge in [0.05, 0.1) is 29.2 Å². The second kappa shape index (κ2) is 10.2. The summed E-state index contributed by atoms with van der Waals surface area (Å²) in [5.74, 6) is -0.431. The van der Waals surface area contributed by atoms with Crippen LogP contribution in [-0.4, -0.2) is 25.4 Å². The van der Waals surface area contributed by atoms with Gasteiger partial charge in [-0.2, -0.15) is 18.3 Å². The Bertz CT molecular complexity index is 1560. The average molecular weight is 516 g/mol. The number of pyridine rings is 2. The summed E-state index contributed by atoms with van der Waals surface area (Å²) < 4.78 is 55.7. The Kier molecular flexibility index (Phi) is 7.15. The van der Waals surface area contributed by atoms with Crippen molar-refractivity contribution in [3.63, 3.8) is 0 Å². The molecule has 0 aliphatic rings. The molecule has 1 aromatic carbocycles. The summed E-state index contributed by atoms with van der Waals surface area (Å²) in [4.78, 5) is 29.2. The Morgan fingerprint density at radius 1 is 1.08 bits per heavy atom. The number of nitrogens with zero attached hydrogens (tertiary/aromatic N) is 4. The molecule has 0 fully saturated rings. The fourth-order valence-electron chi connectivity index (χ4n) is 4.32. The van der Waals surface area contributed by atoms with Crippen LogP contribution in [0.2, 0.25) is 0 Å². The van der Waals surface area contributed by atoms with Crippen LogP contribution in [0.25, 0.3) is 22.0 Å². The predicted octanol–water partition coefficient (Wildman–Crippen LogP) is 4.90. The molecule has 1 atom stereocenters. The van der Waals surface area contributed by atoms with Gasteiger partial charge >= 0.3 is 6.18 Å². The lowest BCUT2D eigenvalue weighted by molar-refractivity contribution is -0.138. The highest BCUT2D eigenvalue weighted by Gasteiger charge is 2.38. The smallest absolute Gasteiger partial charge is 0.381 e. The van der Waals surface area contributed by atoms with E-state index in [9.17, 15) is 27.2 Å². The number of nitrogens with one attached hydrogen (secondary N) is 1. The van der Waals surface area contributed by atoms with Gasteiger partial charge in [0.25, 0.3) is 11.1 Å². The van der Waals surface area contributed by atoms with Gasteiger partial charge in [0, 0.05) is 31.4 Å². The summed E-state index contributed by atoms with van der Waals surface area (Å²) in [5.41, 5.74) is -0.930. The fraction of sp³-hybridized carbons (Fsp3) is 0.308. The molecule has 194 valence electrons. The first-order valence-electron chi connectivity index (χ1n) is 11.6. The van der Waals surface area contributed by atoms with Crippen molar-refractivity contribution in [2.75, 3.05) is 5.32 Å². The quantitative estimate of drug-likeness (QED) is 0.354. The van der Waals surface area contributed by atoms with Crippen LogP contribution >= 0.6 is 0 Å². The Balaban J connectivity index is 1.48. The van der Waals surface area contributed by atoms with Crippen molar-refractivity contribution in [3.8, 4) is 11.3 Å². The second-order valence-corrected chi connectivity index (χ2v) is 8.98. The number of benzene rings is 1. The third-order valence-corrected chi connectivity index (χ3v) is 6.16. The fourth-order valence-corrected chi connectivity index (χ4v) is 4.32. The van der Waals surface area contributed by atoms with Crippen molar-refractivity contribution < 1.29 is 17.6 Å². The summed E-state index contributed by atoms with van der Waals surface area (Å²) in [7, 11) is 1.16. The van der Waals surface area contributed by atoms with Crippen LogP contribution in [0, 0.1) is 12.7 Å². The Labute approximate surface area is 209 Å². The van der Waals surface area contributed by atoms with E-state index in [2.05, 4.69) is 15.4 Å². The third-order valence-electron chi connectivity index (χ3n) is 6.16. The third kappa shape index (κ3) is 5.55. The van der Waals surface area contributed by atoms with Crippen LogP contribution in [0.3, 0.4) is 0 Å². The first kappa shape index (κ1) is 26.1. The highest BCUT2D eigenvalue weighted by atomic mass is 19.4. The van der Waals surface area contributed by atoms with Gasteiger partial charge in [-0.05, 0) is 68.0 Å². The zero-order valence-corrected chi connectivity index (χ0v) is 20.4. The summed E-state index contributed by atoms with van der Waals surface area (Å²) in [6.07, 6.45) is -0.0477. The maximum absolute atomic E-state index is 13.4. The molecule has 3 heterocycles. The van der Waals surface area contributed by atoms with Crippen molar-refractivity contribution >= 4 is 16.5 Å². The molecular formula is C26H25F4N5O2. The monoisotopic (exact) mass is 515 g/mol. The van der Waals surface area contributed by atoms with Gasteiger partial charge in [0.1, 0.15) is 11.4 Å². The number of aryl methyl sites for hydroxylation is 3. The van der Waals surface area contributed by atoms with E-state index in [-0.39, 0.29) is 11.2 Å². The largest absolute Gasteiger partial charge is 0.423 e. The highest BCUT2D eigenvalue weighted by Crippen LogP contribution is 2.32. The molecule has 1 N–H and O–H groups in total. The van der Waals surface area contributed by atoms with E-state index in [0.29, 0.717) is 35.1 Å². The van der Waals surface area contributed by atoms with Crippen LogP contribution < -0.4 is 16.4 Å². The number of rotatable bonds is 7. The molecular weight excluding hydrogens is 490 g/mol. The van der Waals surface area contributed by atoms with E-state index in [0.717, 1.165) is 36.0 Å². The maximum Gasteiger partial charge on any atom is 0.423 e. The number of aromatic nitrogens is 4. The number of halogens is 4. The van der Waals surface area contributed by atoms with Crippen molar-refractivity contribution in [1.29, 1.82) is 0 Å². The number of alkyl halides is 3. The van der Waals surface area contributed by atoms with E-state index in [4.69, 9.17) is 0 Å². The van der Waals surface area contributed by atoms with E-state index in [1.165, 1.54) is 6.07 Å². The van der Waals surface area contributed by atoms with Gasteiger partial charge in [-0.15, -0.1) is 0 Å². The lowest BCUT2D eigenvalue weighted by atomic mass is 10.0. The Hall–Kier alpha value is -4.02. The van der Waals surface area contributed by atoms with Gasteiger partial charge in [-0.3, -0.25) is 14.6 Å². The Morgan fingerprint density at radius 3 is 2.51 bits per heavy atom. The van der Waals surface area contributed by atoms with Gasteiger partial charge in [0.2, 0.25) is 0 Å². The lowest BCUT2D eigenvalue weighted by Gasteiger charge is -2.19. The molecule has 0 amide bonds. The molecule has 0 radical (unpaired) electrons. The molecule has 0 spiro atoms. The van der Waals surface area contributed by atoms with Crippen LogP contribution in [0.5, 0.6) is 0 Å². The van der Waals surface area contributed by atoms with Crippen LogP contribution in [0.15, 0.2) is 58.5 Å². The maximum atomic E-state index is 13.4. The molecule has 0 aliphatic carbocycles. The van der Waals surface area contributed by atoms with E-state index >= 15 is 0 Å². The molecule has 0 saturated heterocycles. The predicted molar refractivity (Wildman–Crippen MR) is 133 cm³/mol. The van der Waals surface area contributed by atoms with E-state index in [1.54, 1.807) is 23.8 Å². The van der Waals surface area contributed by atoms with Crippen molar-refractivity contribution in [2.24, 2.45) is 7.05 Å². The number of hydrogen-bond donors (Lipinski definition) is 1. The minimum atomic E-state index is -4.82. The van der Waals surface area contributed by atoms with E-state index in [1.807, 2.05) is 25.1 Å². The van der Waals surface area contributed by atoms with Gasteiger partial charge in [0.15, 0.2) is 0 Å². The first-order valence-corrected chi connectivity index (χ1v) is 11.6. The van der Waals surface area contributed by atoms with Crippen molar-refractivity contribution in [3.05, 3.63) is 86.6 Å². The average Bonchev–Trinajstić information content (AvgIpc) is 2.82. The molecule has 37 heavy (non-hydrogen) atoms. The number of hydrogen-bond acceptors (Lipinski definition) is 5. The van der Waals surface area contributed by atoms with E-state index < -0.39 is 29.2 Å². The van der Waals surface area contributed by atoms with Gasteiger partial charge < -0.3 is 9.88 Å². The molecule has 0 aliphatic heterocycles. The molecule has 7 nitrogen and oxygen atoms in total. The summed E-state index contributed by atoms with van der Waals surface area (Å²) in [5, 5.41) is 7.71. The molecule has 0 unspecified atom stereocenters.